The minimum Gasteiger partial charge on any atom is -0.349 e. The Morgan fingerprint density at radius 3 is 2.89 bits per heavy atom. The Bertz CT molecular complexity index is 546. The Balaban J connectivity index is 1.98. The summed E-state index contributed by atoms with van der Waals surface area (Å²) in [6.45, 7) is 4.09. The third-order valence-electron chi connectivity index (χ3n) is 2.84. The molecule has 0 bridgehead atoms. The van der Waals surface area contributed by atoms with Crippen LogP contribution >= 0.6 is 11.3 Å². The van der Waals surface area contributed by atoms with Crippen molar-refractivity contribution in [3.63, 3.8) is 0 Å². The van der Waals surface area contributed by atoms with Gasteiger partial charge in [-0.3, -0.25) is 4.79 Å². The van der Waals surface area contributed by atoms with Gasteiger partial charge in [0.2, 0.25) is 0 Å². The lowest BCUT2D eigenvalue weighted by atomic mass is 10.1. The van der Waals surface area contributed by atoms with Gasteiger partial charge in [-0.1, -0.05) is 24.3 Å². The molecule has 0 aliphatic rings. The number of nitrogens with one attached hydrogen (secondary N) is 1. The van der Waals surface area contributed by atoms with E-state index < -0.39 is 0 Å². The van der Waals surface area contributed by atoms with Gasteiger partial charge < -0.3 is 5.32 Å². The zero-order valence-electron chi connectivity index (χ0n) is 10.8. The molecule has 2 rings (SSSR count). The third-order valence-corrected chi connectivity index (χ3v) is 3.77. The van der Waals surface area contributed by atoms with E-state index in [4.69, 9.17) is 0 Å². The molecule has 1 N–H and O–H groups in total. The van der Waals surface area contributed by atoms with Crippen molar-refractivity contribution in [1.82, 2.24) is 5.32 Å². The van der Waals surface area contributed by atoms with Crippen molar-refractivity contribution in [2.45, 2.75) is 12.8 Å². The van der Waals surface area contributed by atoms with Crippen molar-refractivity contribution >= 4 is 17.2 Å². The molecule has 0 saturated heterocycles. The first-order chi connectivity index (χ1) is 9.29. The van der Waals surface area contributed by atoms with Gasteiger partial charge in [0.25, 0.3) is 5.91 Å². The van der Waals surface area contributed by atoms with Gasteiger partial charge in [-0.15, -0.1) is 17.9 Å². The molecule has 0 atom stereocenters. The average Bonchev–Trinajstić information content (AvgIpc) is 2.96. The molecule has 1 aromatic heterocycles. The van der Waals surface area contributed by atoms with Crippen molar-refractivity contribution in [2.75, 3.05) is 6.54 Å². The highest BCUT2D eigenvalue weighted by molar-refractivity contribution is 7.09. The largest absolute Gasteiger partial charge is 0.349 e. The number of benzene rings is 1. The molecule has 0 aliphatic carbocycles. The van der Waals surface area contributed by atoms with Crippen LogP contribution in [0, 0.1) is 0 Å². The van der Waals surface area contributed by atoms with Crippen LogP contribution in [0.3, 0.4) is 0 Å². The molecule has 19 heavy (non-hydrogen) atoms. The molecule has 0 fully saturated rings. The number of hydrogen-bond acceptors (Lipinski definition) is 2. The number of rotatable bonds is 6. The molecular formula is C16H17NOS. The molecule has 0 aliphatic heterocycles. The second-order valence-electron chi connectivity index (χ2n) is 4.28. The maximum absolute atomic E-state index is 11.8. The van der Waals surface area contributed by atoms with E-state index in [1.165, 1.54) is 10.4 Å². The molecule has 2 nitrogen and oxygen atoms in total. The summed E-state index contributed by atoms with van der Waals surface area (Å²) in [4.78, 5) is 13.2. The molecule has 1 aromatic carbocycles. The summed E-state index contributed by atoms with van der Waals surface area (Å²) in [5.74, 6) is -0.0436. The lowest BCUT2D eigenvalue weighted by Gasteiger charge is -2.05. The summed E-state index contributed by atoms with van der Waals surface area (Å²) in [5, 5.41) is 4.88. The van der Waals surface area contributed by atoms with E-state index in [-0.39, 0.29) is 5.91 Å². The lowest BCUT2D eigenvalue weighted by molar-refractivity contribution is 0.0958. The standard InChI is InChI=1S/C16H17NOS/c1-2-10-17-16(18)14-6-3-5-13(12-14)8-9-15-7-4-11-19-15/h2-7,11-12H,1,8-10H2,(H,17,18). The van der Waals surface area contributed by atoms with Gasteiger partial charge in [0, 0.05) is 17.0 Å². The zero-order valence-corrected chi connectivity index (χ0v) is 11.6. The lowest BCUT2D eigenvalue weighted by Crippen LogP contribution is -2.23. The van der Waals surface area contributed by atoms with Crippen LogP contribution in [0.2, 0.25) is 0 Å². The minimum atomic E-state index is -0.0436. The van der Waals surface area contributed by atoms with Crippen LogP contribution < -0.4 is 5.32 Å². The predicted molar refractivity (Wildman–Crippen MR) is 80.7 cm³/mol. The fourth-order valence-electron chi connectivity index (χ4n) is 1.86. The van der Waals surface area contributed by atoms with E-state index in [0.29, 0.717) is 12.1 Å². The zero-order chi connectivity index (χ0) is 13.5. The fraction of sp³-hybridized carbons (Fsp3) is 0.188. The van der Waals surface area contributed by atoms with E-state index in [1.54, 1.807) is 17.4 Å². The van der Waals surface area contributed by atoms with E-state index in [2.05, 4.69) is 35.5 Å². The first-order valence-electron chi connectivity index (χ1n) is 6.30. The summed E-state index contributed by atoms with van der Waals surface area (Å²) >= 11 is 1.77. The molecule has 3 heteroatoms. The predicted octanol–water partition coefficient (Wildman–Crippen LogP) is 3.45. The smallest absolute Gasteiger partial charge is 0.251 e. The normalized spacial score (nSPS) is 10.1. The van der Waals surface area contributed by atoms with Gasteiger partial charge in [-0.25, -0.2) is 0 Å². The number of aryl methyl sites for hydroxylation is 2. The molecule has 0 saturated carbocycles. The van der Waals surface area contributed by atoms with E-state index in [1.807, 2.05) is 18.2 Å². The summed E-state index contributed by atoms with van der Waals surface area (Å²) in [6.07, 6.45) is 3.66. The number of thiophene rings is 1. The number of carbonyl (C=O) groups excluding carboxylic acids is 1. The summed E-state index contributed by atoms with van der Waals surface area (Å²) in [6, 6.07) is 12.0. The Morgan fingerprint density at radius 1 is 1.26 bits per heavy atom. The molecule has 0 unspecified atom stereocenters. The van der Waals surface area contributed by atoms with Crippen LogP contribution in [0.25, 0.3) is 0 Å². The molecule has 98 valence electrons. The van der Waals surface area contributed by atoms with Crippen LogP contribution in [0.1, 0.15) is 20.8 Å². The molecule has 1 amide bonds. The van der Waals surface area contributed by atoms with Gasteiger partial charge in [0.1, 0.15) is 0 Å². The number of carbonyl (C=O) groups is 1. The van der Waals surface area contributed by atoms with Crippen molar-refractivity contribution in [3.8, 4) is 0 Å². The van der Waals surface area contributed by atoms with Crippen LogP contribution in [0.4, 0.5) is 0 Å². The highest BCUT2D eigenvalue weighted by Gasteiger charge is 2.05. The summed E-state index contributed by atoms with van der Waals surface area (Å²) in [7, 11) is 0. The molecule has 2 aromatic rings. The van der Waals surface area contributed by atoms with Gasteiger partial charge in [0.05, 0.1) is 0 Å². The second-order valence-corrected chi connectivity index (χ2v) is 5.31. The maximum Gasteiger partial charge on any atom is 0.251 e. The Kier molecular flexibility index (Phi) is 4.93. The molecule has 0 radical (unpaired) electrons. The van der Waals surface area contributed by atoms with Crippen LogP contribution in [0.15, 0.2) is 54.4 Å². The van der Waals surface area contributed by atoms with Crippen molar-refractivity contribution in [3.05, 3.63) is 70.4 Å². The van der Waals surface area contributed by atoms with Crippen LogP contribution in [0.5, 0.6) is 0 Å². The fourth-order valence-corrected chi connectivity index (χ4v) is 2.57. The highest BCUT2D eigenvalue weighted by atomic mass is 32.1. The van der Waals surface area contributed by atoms with Crippen LogP contribution in [-0.2, 0) is 12.8 Å². The Labute approximate surface area is 117 Å². The van der Waals surface area contributed by atoms with Crippen LogP contribution in [-0.4, -0.2) is 12.5 Å². The maximum atomic E-state index is 11.8. The number of hydrogen-bond donors (Lipinski definition) is 1. The number of amides is 1. The van der Waals surface area contributed by atoms with E-state index in [0.717, 1.165) is 12.8 Å². The highest BCUT2D eigenvalue weighted by Crippen LogP contribution is 2.13. The topological polar surface area (TPSA) is 29.1 Å². The molecular weight excluding hydrogens is 254 g/mol. The van der Waals surface area contributed by atoms with Gasteiger partial charge in [-0.2, -0.15) is 0 Å². The molecule has 0 spiro atoms. The average molecular weight is 271 g/mol. The molecule has 1 heterocycles. The minimum absolute atomic E-state index is 0.0436. The Hall–Kier alpha value is -1.87. The first-order valence-corrected chi connectivity index (χ1v) is 7.18. The summed E-state index contributed by atoms with van der Waals surface area (Å²) in [5.41, 5.74) is 1.91. The SMILES string of the molecule is C=CCNC(=O)c1cccc(CCc2cccs2)c1. The summed E-state index contributed by atoms with van der Waals surface area (Å²) < 4.78 is 0. The van der Waals surface area contributed by atoms with Crippen molar-refractivity contribution in [2.24, 2.45) is 0 Å². The monoisotopic (exact) mass is 271 g/mol. The first kappa shape index (κ1) is 13.6. The van der Waals surface area contributed by atoms with Crippen molar-refractivity contribution in [1.29, 1.82) is 0 Å². The van der Waals surface area contributed by atoms with Gasteiger partial charge in [-0.05, 0) is 42.0 Å². The second kappa shape index (κ2) is 6.90. The van der Waals surface area contributed by atoms with Gasteiger partial charge in [0.15, 0.2) is 0 Å². The quantitative estimate of drug-likeness (QED) is 0.801. The van der Waals surface area contributed by atoms with Crippen molar-refractivity contribution < 1.29 is 4.79 Å². The third kappa shape index (κ3) is 4.07. The Morgan fingerprint density at radius 2 is 2.16 bits per heavy atom. The van der Waals surface area contributed by atoms with E-state index in [9.17, 15) is 4.79 Å². The van der Waals surface area contributed by atoms with E-state index >= 15 is 0 Å². The van der Waals surface area contributed by atoms with Gasteiger partial charge >= 0.3 is 0 Å².